The summed E-state index contributed by atoms with van der Waals surface area (Å²) in [5.41, 5.74) is 0.527. The van der Waals surface area contributed by atoms with Crippen LogP contribution < -0.4 is 0 Å². The highest BCUT2D eigenvalue weighted by atomic mass is 79.9. The smallest absolute Gasteiger partial charge is 0.303 e. The van der Waals surface area contributed by atoms with Gasteiger partial charge in [0.25, 0.3) is 0 Å². The molecule has 1 aromatic carbocycles. The van der Waals surface area contributed by atoms with E-state index >= 15 is 0 Å². The summed E-state index contributed by atoms with van der Waals surface area (Å²) in [4.78, 5) is 10.6. The topological polar surface area (TPSA) is 71.4 Å². The lowest BCUT2D eigenvalue weighted by Gasteiger charge is -2.07. The van der Waals surface area contributed by atoms with Gasteiger partial charge in [0.1, 0.15) is 0 Å². The molecule has 0 bridgehead atoms. The van der Waals surface area contributed by atoms with Crippen LogP contribution in [-0.2, 0) is 21.1 Å². The van der Waals surface area contributed by atoms with E-state index in [1.54, 1.807) is 12.1 Å². The van der Waals surface area contributed by atoms with Gasteiger partial charge in [-0.25, -0.2) is 8.42 Å². The molecule has 0 aliphatic heterocycles. The molecule has 4 nitrogen and oxygen atoms in total. The molecule has 0 spiro atoms. The fraction of sp³-hybridized carbons (Fsp3) is 0.300. The Hall–Kier alpha value is -0.880. The molecule has 0 unspecified atom stereocenters. The summed E-state index contributed by atoms with van der Waals surface area (Å²) < 4.78 is 23.6. The number of halogens is 1. The largest absolute Gasteiger partial charge is 0.481 e. The first-order valence-corrected chi connectivity index (χ1v) is 7.19. The van der Waals surface area contributed by atoms with Gasteiger partial charge in [0.15, 0.2) is 9.84 Å². The molecule has 0 aliphatic carbocycles. The van der Waals surface area contributed by atoms with Gasteiger partial charge in [-0.15, -0.1) is 0 Å². The molecule has 0 fully saturated rings. The van der Waals surface area contributed by atoms with Crippen molar-refractivity contribution in [2.24, 2.45) is 0 Å². The number of sulfone groups is 1. The van der Waals surface area contributed by atoms with Gasteiger partial charge in [-0.05, 0) is 30.2 Å². The van der Waals surface area contributed by atoms with Crippen molar-refractivity contribution >= 4 is 31.7 Å². The van der Waals surface area contributed by atoms with Crippen LogP contribution in [0, 0.1) is 0 Å². The summed E-state index contributed by atoms with van der Waals surface area (Å²) in [7, 11) is -3.31. The molecule has 1 N–H and O–H groups in total. The van der Waals surface area contributed by atoms with Crippen LogP contribution in [0.2, 0.25) is 0 Å². The Morgan fingerprint density at radius 1 is 1.44 bits per heavy atom. The number of hydrogen-bond acceptors (Lipinski definition) is 3. The zero-order valence-electron chi connectivity index (χ0n) is 8.60. The SMILES string of the molecule is CS(=O)(=O)c1ccc(Br)cc1CCC(=O)O. The van der Waals surface area contributed by atoms with E-state index in [0.29, 0.717) is 5.56 Å². The van der Waals surface area contributed by atoms with E-state index in [9.17, 15) is 13.2 Å². The molecule has 1 rings (SSSR count). The minimum absolute atomic E-state index is 0.0844. The minimum Gasteiger partial charge on any atom is -0.481 e. The van der Waals surface area contributed by atoms with Crippen molar-refractivity contribution in [2.45, 2.75) is 17.7 Å². The van der Waals surface area contributed by atoms with Crippen molar-refractivity contribution in [3.8, 4) is 0 Å². The van der Waals surface area contributed by atoms with Gasteiger partial charge in [0.05, 0.1) is 4.90 Å². The summed E-state index contributed by atoms with van der Waals surface area (Å²) in [5.74, 6) is -0.945. The summed E-state index contributed by atoms with van der Waals surface area (Å²) in [6, 6.07) is 4.75. The monoisotopic (exact) mass is 306 g/mol. The van der Waals surface area contributed by atoms with Crippen LogP contribution in [0.4, 0.5) is 0 Å². The number of rotatable bonds is 4. The Bertz CT molecular complexity index is 508. The van der Waals surface area contributed by atoms with E-state index in [1.165, 1.54) is 6.07 Å². The van der Waals surface area contributed by atoms with Gasteiger partial charge in [-0.3, -0.25) is 4.79 Å². The fourth-order valence-electron chi connectivity index (χ4n) is 1.35. The van der Waals surface area contributed by atoms with Crippen molar-refractivity contribution in [1.82, 2.24) is 0 Å². The molecule has 0 saturated heterocycles. The normalized spacial score (nSPS) is 11.4. The molecule has 0 atom stereocenters. The van der Waals surface area contributed by atoms with E-state index in [2.05, 4.69) is 15.9 Å². The Labute approximate surface area is 102 Å². The molecule has 16 heavy (non-hydrogen) atoms. The lowest BCUT2D eigenvalue weighted by molar-refractivity contribution is -0.136. The Morgan fingerprint density at radius 3 is 2.56 bits per heavy atom. The summed E-state index contributed by atoms with van der Waals surface area (Å²) >= 11 is 3.23. The first-order valence-electron chi connectivity index (χ1n) is 4.51. The van der Waals surface area contributed by atoms with Crippen LogP contribution in [0.5, 0.6) is 0 Å². The van der Waals surface area contributed by atoms with Gasteiger partial charge in [0, 0.05) is 17.1 Å². The third kappa shape index (κ3) is 3.61. The maximum atomic E-state index is 11.4. The van der Waals surface area contributed by atoms with Crippen LogP contribution in [0.15, 0.2) is 27.6 Å². The second-order valence-corrected chi connectivity index (χ2v) is 6.32. The van der Waals surface area contributed by atoms with Gasteiger partial charge in [-0.2, -0.15) is 0 Å². The van der Waals surface area contributed by atoms with E-state index < -0.39 is 15.8 Å². The Morgan fingerprint density at radius 2 is 2.06 bits per heavy atom. The molecule has 0 amide bonds. The van der Waals surface area contributed by atoms with E-state index in [4.69, 9.17) is 5.11 Å². The van der Waals surface area contributed by atoms with Crippen molar-refractivity contribution in [1.29, 1.82) is 0 Å². The number of aryl methyl sites for hydroxylation is 1. The molecule has 1 aromatic rings. The van der Waals surface area contributed by atoms with Crippen LogP contribution in [0.1, 0.15) is 12.0 Å². The standard InChI is InChI=1S/C10H11BrO4S/c1-16(14,15)9-4-3-8(11)6-7(9)2-5-10(12)13/h3-4,6H,2,5H2,1H3,(H,12,13). The number of hydrogen-bond donors (Lipinski definition) is 1. The van der Waals surface area contributed by atoms with E-state index in [0.717, 1.165) is 10.7 Å². The molecular formula is C10H11BrO4S. The van der Waals surface area contributed by atoms with Gasteiger partial charge in [-0.1, -0.05) is 15.9 Å². The Balaban J connectivity index is 3.14. The van der Waals surface area contributed by atoms with Gasteiger partial charge in [0.2, 0.25) is 0 Å². The molecule has 0 radical (unpaired) electrons. The highest BCUT2D eigenvalue weighted by Gasteiger charge is 2.14. The van der Waals surface area contributed by atoms with Crippen LogP contribution in [0.25, 0.3) is 0 Å². The van der Waals surface area contributed by atoms with Crippen molar-refractivity contribution in [3.05, 3.63) is 28.2 Å². The van der Waals surface area contributed by atoms with Crippen LogP contribution in [-0.4, -0.2) is 25.7 Å². The quantitative estimate of drug-likeness (QED) is 0.922. The second kappa shape index (κ2) is 4.97. The van der Waals surface area contributed by atoms with Gasteiger partial charge < -0.3 is 5.11 Å². The summed E-state index contributed by atoms with van der Waals surface area (Å²) in [6.07, 6.45) is 1.23. The summed E-state index contributed by atoms with van der Waals surface area (Å²) in [5, 5.41) is 8.58. The third-order valence-electron chi connectivity index (χ3n) is 2.03. The number of benzene rings is 1. The van der Waals surface area contributed by atoms with Crippen molar-refractivity contribution in [2.75, 3.05) is 6.26 Å². The number of aliphatic carboxylic acids is 1. The zero-order valence-corrected chi connectivity index (χ0v) is 11.0. The predicted molar refractivity (Wildman–Crippen MR) is 63.2 cm³/mol. The predicted octanol–water partition coefficient (Wildman–Crippen LogP) is 1.87. The molecular weight excluding hydrogens is 296 g/mol. The van der Waals surface area contributed by atoms with Crippen molar-refractivity contribution < 1.29 is 18.3 Å². The average molecular weight is 307 g/mol. The second-order valence-electron chi connectivity index (χ2n) is 3.42. The average Bonchev–Trinajstić information content (AvgIpc) is 2.12. The molecule has 0 saturated carbocycles. The first-order chi connectivity index (χ1) is 7.30. The fourth-order valence-corrected chi connectivity index (χ4v) is 2.71. The number of carbonyl (C=O) groups is 1. The minimum atomic E-state index is -3.31. The van der Waals surface area contributed by atoms with Crippen LogP contribution in [0.3, 0.4) is 0 Å². The highest BCUT2D eigenvalue weighted by Crippen LogP contribution is 2.22. The maximum absolute atomic E-state index is 11.4. The van der Waals surface area contributed by atoms with E-state index in [-0.39, 0.29) is 17.7 Å². The molecule has 0 heterocycles. The Kier molecular flexibility index (Phi) is 4.09. The molecule has 0 aromatic heterocycles. The van der Waals surface area contributed by atoms with E-state index in [1.807, 2.05) is 0 Å². The molecule has 88 valence electrons. The zero-order chi connectivity index (χ0) is 12.3. The first kappa shape index (κ1) is 13.2. The van der Waals surface area contributed by atoms with Crippen molar-refractivity contribution in [3.63, 3.8) is 0 Å². The third-order valence-corrected chi connectivity index (χ3v) is 3.72. The number of carboxylic acids is 1. The summed E-state index contributed by atoms with van der Waals surface area (Å²) in [6.45, 7) is 0. The van der Waals surface area contributed by atoms with Crippen LogP contribution >= 0.6 is 15.9 Å². The van der Waals surface area contributed by atoms with Gasteiger partial charge >= 0.3 is 5.97 Å². The highest BCUT2D eigenvalue weighted by molar-refractivity contribution is 9.10. The lowest BCUT2D eigenvalue weighted by atomic mass is 10.1. The lowest BCUT2D eigenvalue weighted by Crippen LogP contribution is -2.05. The maximum Gasteiger partial charge on any atom is 0.303 e. The molecule has 0 aliphatic rings. The number of carboxylic acid groups (broad SMARTS) is 1. The molecule has 6 heteroatoms.